The molecule has 1 saturated heterocycles. The van der Waals surface area contributed by atoms with E-state index >= 15 is 0 Å². The van der Waals surface area contributed by atoms with Crippen LogP contribution in [-0.4, -0.2) is 55.6 Å². The van der Waals surface area contributed by atoms with Crippen molar-refractivity contribution >= 4 is 29.9 Å². The van der Waals surface area contributed by atoms with Crippen LogP contribution in [0.25, 0.3) is 0 Å². The van der Waals surface area contributed by atoms with E-state index < -0.39 is 6.10 Å². The molecular weight excluding hydrogens is 457 g/mol. The average molecular weight is 491 g/mol. The zero-order valence-electron chi connectivity index (χ0n) is 16.6. The van der Waals surface area contributed by atoms with Crippen molar-refractivity contribution in [1.29, 1.82) is 0 Å². The fraction of sp³-hybridized carbons (Fsp3) is 0.650. The molecule has 0 radical (unpaired) electrons. The molecule has 0 bridgehead atoms. The van der Waals surface area contributed by atoms with Crippen molar-refractivity contribution in [2.75, 3.05) is 32.8 Å². The molecule has 2 rings (SSSR count). The van der Waals surface area contributed by atoms with Crippen LogP contribution in [0.15, 0.2) is 35.3 Å². The Morgan fingerprint density at radius 3 is 2.70 bits per heavy atom. The zero-order chi connectivity index (χ0) is 18.8. The van der Waals surface area contributed by atoms with Crippen molar-refractivity contribution in [3.63, 3.8) is 0 Å². The highest BCUT2D eigenvalue weighted by Gasteiger charge is 2.29. The minimum atomic E-state index is -0.608. The van der Waals surface area contributed by atoms with E-state index in [-0.39, 0.29) is 42.3 Å². The van der Waals surface area contributed by atoms with Crippen molar-refractivity contribution in [3.05, 3.63) is 35.9 Å². The maximum atomic E-state index is 10.2. The Kier molecular flexibility index (Phi) is 11.2. The van der Waals surface area contributed by atoms with E-state index in [0.29, 0.717) is 19.0 Å². The van der Waals surface area contributed by atoms with Gasteiger partial charge in [0.05, 0.1) is 31.0 Å². The number of nitrogens with one attached hydrogen (secondary N) is 2. The molecule has 1 aliphatic heterocycles. The van der Waals surface area contributed by atoms with Gasteiger partial charge >= 0.3 is 0 Å². The molecule has 1 aromatic rings. The number of halogens is 1. The van der Waals surface area contributed by atoms with Gasteiger partial charge in [0, 0.05) is 19.7 Å². The van der Waals surface area contributed by atoms with Crippen LogP contribution in [0.5, 0.6) is 0 Å². The van der Waals surface area contributed by atoms with Gasteiger partial charge in [0.1, 0.15) is 0 Å². The number of hydrogen-bond donors (Lipinski definition) is 3. The Bertz CT molecular complexity index is 551. The summed E-state index contributed by atoms with van der Waals surface area (Å²) in [6.45, 7) is 8.94. The first kappa shape index (κ1) is 24.1. The van der Waals surface area contributed by atoms with Gasteiger partial charge in [0.2, 0.25) is 0 Å². The third-order valence-electron chi connectivity index (χ3n) is 4.53. The first-order valence-electron chi connectivity index (χ1n) is 9.53. The molecular formula is C20H34IN3O3. The predicted octanol–water partition coefficient (Wildman–Crippen LogP) is 2.87. The number of ether oxygens (including phenoxy) is 2. The molecule has 1 fully saturated rings. The number of guanidine groups is 1. The highest BCUT2D eigenvalue weighted by molar-refractivity contribution is 14.0. The molecule has 7 heteroatoms. The maximum absolute atomic E-state index is 10.2. The van der Waals surface area contributed by atoms with E-state index in [4.69, 9.17) is 9.47 Å². The number of nitrogens with zero attached hydrogens (tertiary/aromatic N) is 1. The van der Waals surface area contributed by atoms with Gasteiger partial charge in [-0.15, -0.1) is 24.0 Å². The standard InChI is InChI=1S/C20H33N3O3.HI/c1-4-21-19(23-15-20(3)11-8-12-26-20)22-13-18(24)14-25-16(2)17-9-6-5-7-10-17;/h5-7,9-10,16,18,24H,4,8,11-15H2,1-3H3,(H2,21,22,23);1H. The lowest BCUT2D eigenvalue weighted by molar-refractivity contribution is -0.000639. The van der Waals surface area contributed by atoms with Crippen LogP contribution in [0.3, 0.4) is 0 Å². The normalized spacial score (nSPS) is 22.0. The second-order valence-electron chi connectivity index (χ2n) is 7.02. The molecule has 3 atom stereocenters. The first-order chi connectivity index (χ1) is 12.5. The largest absolute Gasteiger partial charge is 0.389 e. The summed E-state index contributed by atoms with van der Waals surface area (Å²) >= 11 is 0. The third-order valence-corrected chi connectivity index (χ3v) is 4.53. The second kappa shape index (κ2) is 12.5. The molecule has 6 nitrogen and oxygen atoms in total. The smallest absolute Gasteiger partial charge is 0.191 e. The van der Waals surface area contributed by atoms with Gasteiger partial charge in [-0.3, -0.25) is 4.99 Å². The summed E-state index contributed by atoms with van der Waals surface area (Å²) < 4.78 is 11.5. The van der Waals surface area contributed by atoms with E-state index in [9.17, 15) is 5.11 Å². The number of aliphatic imine (C=N–C) groups is 1. The lowest BCUT2D eigenvalue weighted by Crippen LogP contribution is -2.43. The molecule has 3 N–H and O–H groups in total. The van der Waals surface area contributed by atoms with Crippen molar-refractivity contribution in [3.8, 4) is 0 Å². The predicted molar refractivity (Wildman–Crippen MR) is 120 cm³/mol. The molecule has 1 aromatic carbocycles. The summed E-state index contributed by atoms with van der Waals surface area (Å²) in [5, 5.41) is 16.6. The Balaban J connectivity index is 0.00000364. The van der Waals surface area contributed by atoms with Crippen LogP contribution in [-0.2, 0) is 9.47 Å². The summed E-state index contributed by atoms with van der Waals surface area (Å²) in [6.07, 6.45) is 1.46. The average Bonchev–Trinajstić information content (AvgIpc) is 3.09. The molecule has 0 aliphatic carbocycles. The Morgan fingerprint density at radius 2 is 2.07 bits per heavy atom. The Morgan fingerprint density at radius 1 is 1.33 bits per heavy atom. The molecule has 0 saturated carbocycles. The molecule has 0 aromatic heterocycles. The van der Waals surface area contributed by atoms with Crippen molar-refractivity contribution in [2.45, 2.75) is 51.4 Å². The number of aliphatic hydroxyl groups excluding tert-OH is 1. The quantitative estimate of drug-likeness (QED) is 0.282. The van der Waals surface area contributed by atoms with Crippen LogP contribution in [0.2, 0.25) is 0 Å². The molecule has 154 valence electrons. The molecule has 0 spiro atoms. The number of benzene rings is 1. The summed E-state index contributed by atoms with van der Waals surface area (Å²) in [5.74, 6) is 0.694. The van der Waals surface area contributed by atoms with Crippen molar-refractivity contribution in [2.24, 2.45) is 4.99 Å². The molecule has 27 heavy (non-hydrogen) atoms. The van der Waals surface area contributed by atoms with E-state index in [1.54, 1.807) is 0 Å². The summed E-state index contributed by atoms with van der Waals surface area (Å²) in [7, 11) is 0. The monoisotopic (exact) mass is 491 g/mol. The van der Waals surface area contributed by atoms with Gasteiger partial charge in [0.25, 0.3) is 0 Å². The highest BCUT2D eigenvalue weighted by Crippen LogP contribution is 2.25. The van der Waals surface area contributed by atoms with Crippen LogP contribution >= 0.6 is 24.0 Å². The van der Waals surface area contributed by atoms with Crippen LogP contribution in [0.4, 0.5) is 0 Å². The van der Waals surface area contributed by atoms with E-state index in [2.05, 4.69) is 22.5 Å². The van der Waals surface area contributed by atoms with Crippen LogP contribution in [0.1, 0.15) is 45.3 Å². The molecule has 1 heterocycles. The van der Waals surface area contributed by atoms with Gasteiger partial charge in [-0.1, -0.05) is 30.3 Å². The summed E-state index contributed by atoms with van der Waals surface area (Å²) in [5.41, 5.74) is 0.933. The van der Waals surface area contributed by atoms with Gasteiger partial charge in [-0.2, -0.15) is 0 Å². The minimum absolute atomic E-state index is 0. The zero-order valence-corrected chi connectivity index (χ0v) is 18.9. The fourth-order valence-corrected chi connectivity index (χ4v) is 2.90. The molecule has 3 unspecified atom stereocenters. The topological polar surface area (TPSA) is 75.1 Å². The third kappa shape index (κ3) is 8.76. The number of rotatable bonds is 9. The lowest BCUT2D eigenvalue weighted by atomic mass is 10.0. The Hall–Kier alpha value is -0.900. The summed E-state index contributed by atoms with van der Waals surface area (Å²) in [6, 6.07) is 10.0. The van der Waals surface area contributed by atoms with E-state index in [1.165, 1.54) is 0 Å². The minimum Gasteiger partial charge on any atom is -0.389 e. The van der Waals surface area contributed by atoms with Crippen molar-refractivity contribution < 1.29 is 14.6 Å². The van der Waals surface area contributed by atoms with Gasteiger partial charge < -0.3 is 25.2 Å². The lowest BCUT2D eigenvalue weighted by Gasteiger charge is -2.22. The van der Waals surface area contributed by atoms with Gasteiger partial charge in [0.15, 0.2) is 5.96 Å². The van der Waals surface area contributed by atoms with Gasteiger partial charge in [-0.25, -0.2) is 0 Å². The van der Waals surface area contributed by atoms with Gasteiger partial charge in [-0.05, 0) is 39.2 Å². The summed E-state index contributed by atoms with van der Waals surface area (Å²) in [4.78, 5) is 4.60. The van der Waals surface area contributed by atoms with E-state index in [0.717, 1.165) is 31.6 Å². The maximum Gasteiger partial charge on any atom is 0.191 e. The first-order valence-corrected chi connectivity index (χ1v) is 9.53. The van der Waals surface area contributed by atoms with Crippen LogP contribution < -0.4 is 10.6 Å². The highest BCUT2D eigenvalue weighted by atomic mass is 127. The fourth-order valence-electron chi connectivity index (χ4n) is 2.90. The number of aliphatic hydroxyl groups is 1. The van der Waals surface area contributed by atoms with Crippen LogP contribution in [0, 0.1) is 0 Å². The molecule has 1 aliphatic rings. The SMILES string of the molecule is CCNC(=NCC1(C)CCCO1)NCC(O)COC(C)c1ccccc1.I. The number of hydrogen-bond acceptors (Lipinski definition) is 4. The molecule has 0 amide bonds. The van der Waals surface area contributed by atoms with E-state index in [1.807, 2.05) is 44.2 Å². The Labute approximate surface area is 180 Å². The second-order valence-corrected chi connectivity index (χ2v) is 7.02. The van der Waals surface area contributed by atoms with Crippen molar-refractivity contribution in [1.82, 2.24) is 10.6 Å².